The van der Waals surface area contributed by atoms with Gasteiger partial charge >= 0.3 is 5.97 Å². The Labute approximate surface area is 141 Å². The standard InChI is InChI=1S/C16H15BrN2O4/c1-23-15(20)10-14(11-2-4-13(17)5-3-11)18-16(21)12-6-8-19(22)9-7-12/h2-9,14H,10H2,1H3,(H,18,21). The number of ether oxygens (including phenoxy) is 1. The van der Waals surface area contributed by atoms with Crippen LogP contribution in [-0.4, -0.2) is 19.0 Å². The highest BCUT2D eigenvalue weighted by Gasteiger charge is 2.20. The number of rotatable bonds is 5. The molecule has 1 atom stereocenters. The molecule has 1 unspecified atom stereocenters. The predicted octanol–water partition coefficient (Wildman–Crippen LogP) is 2.12. The van der Waals surface area contributed by atoms with Gasteiger partial charge in [0.25, 0.3) is 5.91 Å². The number of aromatic nitrogens is 1. The molecule has 0 aliphatic rings. The number of methoxy groups -OCH3 is 1. The van der Waals surface area contributed by atoms with Crippen molar-refractivity contribution in [3.05, 3.63) is 69.6 Å². The van der Waals surface area contributed by atoms with E-state index in [-0.39, 0.29) is 12.3 Å². The van der Waals surface area contributed by atoms with Crippen LogP contribution in [0, 0.1) is 5.21 Å². The topological polar surface area (TPSA) is 82.3 Å². The lowest BCUT2D eigenvalue weighted by atomic mass is 10.0. The molecule has 0 aliphatic carbocycles. The number of benzene rings is 1. The van der Waals surface area contributed by atoms with Crippen molar-refractivity contribution < 1.29 is 19.1 Å². The van der Waals surface area contributed by atoms with Crippen LogP contribution in [0.25, 0.3) is 0 Å². The van der Waals surface area contributed by atoms with Crippen LogP contribution < -0.4 is 10.0 Å². The number of carbonyl (C=O) groups is 2. The Hall–Kier alpha value is -2.41. The lowest BCUT2D eigenvalue weighted by Crippen LogP contribution is -2.31. The third-order valence-electron chi connectivity index (χ3n) is 3.24. The number of amides is 1. The summed E-state index contributed by atoms with van der Waals surface area (Å²) in [6, 6.07) is 9.59. The van der Waals surface area contributed by atoms with Gasteiger partial charge in [0, 0.05) is 16.6 Å². The Kier molecular flexibility index (Phi) is 5.70. The Balaban J connectivity index is 2.19. The number of nitrogens with one attached hydrogen (secondary N) is 1. The summed E-state index contributed by atoms with van der Waals surface area (Å²) in [5.74, 6) is -0.800. The third-order valence-corrected chi connectivity index (χ3v) is 3.77. The smallest absolute Gasteiger partial charge is 0.307 e. The Morgan fingerprint density at radius 3 is 2.39 bits per heavy atom. The molecule has 0 spiro atoms. The summed E-state index contributed by atoms with van der Waals surface area (Å²) in [4.78, 5) is 23.9. The molecular weight excluding hydrogens is 364 g/mol. The molecule has 6 nitrogen and oxygen atoms in total. The third kappa shape index (κ3) is 4.79. The molecule has 0 radical (unpaired) electrons. The minimum absolute atomic E-state index is 0.0122. The van der Waals surface area contributed by atoms with Gasteiger partial charge in [-0.15, -0.1) is 0 Å². The fourth-order valence-electron chi connectivity index (χ4n) is 2.00. The summed E-state index contributed by atoms with van der Waals surface area (Å²) < 4.78 is 6.18. The summed E-state index contributed by atoms with van der Waals surface area (Å²) in [5.41, 5.74) is 1.12. The first-order valence-corrected chi connectivity index (χ1v) is 7.61. The highest BCUT2D eigenvalue weighted by molar-refractivity contribution is 9.10. The molecule has 0 bridgehead atoms. The van der Waals surface area contributed by atoms with E-state index in [9.17, 15) is 14.8 Å². The molecule has 7 heteroatoms. The first-order chi connectivity index (χ1) is 11.0. The van der Waals surface area contributed by atoms with Crippen molar-refractivity contribution in [2.24, 2.45) is 0 Å². The fraction of sp³-hybridized carbons (Fsp3) is 0.188. The minimum atomic E-state index is -0.525. The van der Waals surface area contributed by atoms with Crippen LogP contribution in [0.15, 0.2) is 53.3 Å². The Morgan fingerprint density at radius 2 is 1.83 bits per heavy atom. The summed E-state index contributed by atoms with van der Waals surface area (Å²) in [6.07, 6.45) is 2.49. The maximum atomic E-state index is 12.3. The molecule has 1 heterocycles. The van der Waals surface area contributed by atoms with Crippen molar-refractivity contribution in [3.63, 3.8) is 0 Å². The van der Waals surface area contributed by atoms with Crippen LogP contribution in [0.1, 0.15) is 28.4 Å². The van der Waals surface area contributed by atoms with Crippen molar-refractivity contribution in [2.45, 2.75) is 12.5 Å². The van der Waals surface area contributed by atoms with Gasteiger partial charge in [0.2, 0.25) is 0 Å². The number of halogens is 1. The van der Waals surface area contributed by atoms with Gasteiger partial charge in [-0.25, -0.2) is 0 Å². The predicted molar refractivity (Wildman–Crippen MR) is 86.4 cm³/mol. The zero-order chi connectivity index (χ0) is 16.8. The van der Waals surface area contributed by atoms with Crippen LogP contribution in [0.3, 0.4) is 0 Å². The number of carbonyl (C=O) groups excluding carboxylic acids is 2. The van der Waals surface area contributed by atoms with E-state index in [1.165, 1.54) is 31.6 Å². The molecule has 1 aromatic heterocycles. The minimum Gasteiger partial charge on any atom is -0.619 e. The van der Waals surface area contributed by atoms with Crippen LogP contribution in [-0.2, 0) is 9.53 Å². The SMILES string of the molecule is COC(=O)CC(NC(=O)c1cc[n+]([O-])cc1)c1ccc(Br)cc1. The van der Waals surface area contributed by atoms with Crippen molar-refractivity contribution in [1.29, 1.82) is 0 Å². The van der Waals surface area contributed by atoms with Gasteiger partial charge in [0.15, 0.2) is 12.4 Å². The van der Waals surface area contributed by atoms with Crippen LogP contribution >= 0.6 is 15.9 Å². The molecule has 0 saturated carbocycles. The second-order valence-corrected chi connectivity index (χ2v) is 5.72. The number of hydrogen-bond acceptors (Lipinski definition) is 4. The van der Waals surface area contributed by atoms with Gasteiger partial charge in [-0.05, 0) is 17.7 Å². The maximum Gasteiger partial charge on any atom is 0.307 e. The lowest BCUT2D eigenvalue weighted by Gasteiger charge is -2.18. The zero-order valence-corrected chi connectivity index (χ0v) is 13.9. The van der Waals surface area contributed by atoms with Gasteiger partial charge in [-0.1, -0.05) is 28.1 Å². The van der Waals surface area contributed by atoms with E-state index < -0.39 is 12.0 Å². The summed E-state index contributed by atoms with van der Waals surface area (Å²) in [7, 11) is 1.30. The number of nitrogens with zero attached hydrogens (tertiary/aromatic N) is 1. The van der Waals surface area contributed by atoms with E-state index in [2.05, 4.69) is 26.0 Å². The van der Waals surface area contributed by atoms with E-state index in [0.717, 1.165) is 10.0 Å². The van der Waals surface area contributed by atoms with Crippen molar-refractivity contribution in [1.82, 2.24) is 5.32 Å². The highest BCUT2D eigenvalue weighted by Crippen LogP contribution is 2.20. The Morgan fingerprint density at radius 1 is 1.22 bits per heavy atom. The zero-order valence-electron chi connectivity index (χ0n) is 12.4. The second-order valence-electron chi connectivity index (χ2n) is 4.80. The van der Waals surface area contributed by atoms with Gasteiger partial charge < -0.3 is 15.3 Å². The van der Waals surface area contributed by atoms with E-state index in [0.29, 0.717) is 10.3 Å². The molecule has 1 N–H and O–H groups in total. The molecule has 0 aliphatic heterocycles. The number of pyridine rings is 1. The normalized spacial score (nSPS) is 11.6. The van der Waals surface area contributed by atoms with Crippen LogP contribution in [0.4, 0.5) is 0 Å². The molecule has 2 rings (SSSR count). The van der Waals surface area contributed by atoms with Gasteiger partial charge in [-0.2, -0.15) is 4.73 Å². The molecule has 1 amide bonds. The summed E-state index contributed by atoms with van der Waals surface area (Å²) >= 11 is 3.34. The fourth-order valence-corrected chi connectivity index (χ4v) is 2.27. The Bertz CT molecular complexity index is 686. The molecule has 2 aromatic rings. The summed E-state index contributed by atoms with van der Waals surface area (Å²) in [6.45, 7) is 0. The largest absolute Gasteiger partial charge is 0.619 e. The highest BCUT2D eigenvalue weighted by atomic mass is 79.9. The first kappa shape index (κ1) is 17.0. The van der Waals surface area contributed by atoms with E-state index in [1.807, 2.05) is 24.3 Å². The molecular formula is C16H15BrN2O4. The first-order valence-electron chi connectivity index (χ1n) is 6.81. The molecule has 1 aromatic carbocycles. The molecule has 120 valence electrons. The van der Waals surface area contributed by atoms with Gasteiger partial charge in [-0.3, -0.25) is 9.59 Å². The van der Waals surface area contributed by atoms with Crippen LogP contribution in [0.5, 0.6) is 0 Å². The summed E-state index contributed by atoms with van der Waals surface area (Å²) in [5, 5.41) is 13.8. The maximum absolute atomic E-state index is 12.3. The van der Waals surface area contributed by atoms with Gasteiger partial charge in [0.05, 0.1) is 25.1 Å². The average Bonchev–Trinajstić information content (AvgIpc) is 2.55. The molecule has 0 saturated heterocycles. The molecule has 23 heavy (non-hydrogen) atoms. The average molecular weight is 379 g/mol. The van der Waals surface area contributed by atoms with E-state index in [4.69, 9.17) is 0 Å². The monoisotopic (exact) mass is 378 g/mol. The lowest BCUT2D eigenvalue weighted by molar-refractivity contribution is -0.605. The van der Waals surface area contributed by atoms with Crippen molar-refractivity contribution in [3.8, 4) is 0 Å². The molecule has 0 fully saturated rings. The van der Waals surface area contributed by atoms with Gasteiger partial charge in [0.1, 0.15) is 0 Å². The van der Waals surface area contributed by atoms with Crippen LogP contribution in [0.2, 0.25) is 0 Å². The number of hydrogen-bond donors (Lipinski definition) is 1. The van der Waals surface area contributed by atoms with E-state index >= 15 is 0 Å². The second kappa shape index (κ2) is 7.73. The van der Waals surface area contributed by atoms with Crippen molar-refractivity contribution >= 4 is 27.8 Å². The number of esters is 1. The van der Waals surface area contributed by atoms with E-state index in [1.54, 1.807) is 0 Å². The quantitative estimate of drug-likeness (QED) is 0.490. The van der Waals surface area contributed by atoms with Crippen molar-refractivity contribution in [2.75, 3.05) is 7.11 Å².